The highest BCUT2D eigenvalue weighted by atomic mass is 16.5. The lowest BCUT2D eigenvalue weighted by molar-refractivity contribution is 0.338. The second-order valence-electron chi connectivity index (χ2n) is 3.81. The van der Waals surface area contributed by atoms with E-state index in [2.05, 4.69) is 21.4 Å². The van der Waals surface area contributed by atoms with E-state index in [4.69, 9.17) is 4.74 Å². The van der Waals surface area contributed by atoms with Gasteiger partial charge in [-0.1, -0.05) is 0 Å². The minimum atomic E-state index is 0.689. The Morgan fingerprint density at radius 3 is 2.82 bits per heavy atom. The van der Waals surface area contributed by atoms with Gasteiger partial charge in [0.1, 0.15) is 5.75 Å². The van der Waals surface area contributed by atoms with E-state index in [1.54, 1.807) is 0 Å². The van der Waals surface area contributed by atoms with Crippen LogP contribution in [-0.4, -0.2) is 23.6 Å². The zero-order valence-electron chi connectivity index (χ0n) is 10.4. The number of H-pyrrole nitrogens is 1. The predicted octanol–water partition coefficient (Wildman–Crippen LogP) is 2.83. The fraction of sp³-hybridized carbons (Fsp3) is 0.308. The molecule has 2 rings (SSSR count). The molecule has 0 fully saturated rings. The zero-order valence-corrected chi connectivity index (χ0v) is 10.4. The van der Waals surface area contributed by atoms with Gasteiger partial charge in [0, 0.05) is 12.6 Å². The van der Waals surface area contributed by atoms with Gasteiger partial charge in [-0.3, -0.25) is 0 Å². The molecule has 17 heavy (non-hydrogen) atoms. The molecule has 1 heterocycles. The first kappa shape index (κ1) is 11.5. The van der Waals surface area contributed by atoms with Crippen molar-refractivity contribution >= 4 is 5.95 Å². The van der Waals surface area contributed by atoms with E-state index in [0.29, 0.717) is 6.61 Å². The van der Waals surface area contributed by atoms with Gasteiger partial charge in [-0.15, -0.1) is 0 Å². The lowest BCUT2D eigenvalue weighted by atomic mass is 10.1. The number of aromatic amines is 1. The van der Waals surface area contributed by atoms with Crippen molar-refractivity contribution in [1.29, 1.82) is 0 Å². The summed E-state index contributed by atoms with van der Waals surface area (Å²) in [5, 5.41) is 2.97. The van der Waals surface area contributed by atoms with E-state index in [1.165, 1.54) is 0 Å². The highest BCUT2D eigenvalue weighted by Gasteiger charge is 2.05. The largest absolute Gasteiger partial charge is 0.494 e. The molecule has 0 amide bonds. The number of nitrogens with zero attached hydrogens (tertiary/aromatic N) is 1. The molecule has 0 radical (unpaired) electrons. The van der Waals surface area contributed by atoms with Gasteiger partial charge >= 0.3 is 0 Å². The van der Waals surface area contributed by atoms with E-state index in [9.17, 15) is 0 Å². The molecule has 0 atom stereocenters. The second kappa shape index (κ2) is 4.91. The molecule has 90 valence electrons. The summed E-state index contributed by atoms with van der Waals surface area (Å²) >= 11 is 0. The molecule has 4 nitrogen and oxygen atoms in total. The lowest BCUT2D eigenvalue weighted by Gasteiger charge is -2.08. The fourth-order valence-corrected chi connectivity index (χ4v) is 1.73. The number of hydrogen-bond acceptors (Lipinski definition) is 3. The first-order valence-electron chi connectivity index (χ1n) is 5.71. The Kier molecular flexibility index (Phi) is 3.32. The molecule has 1 aromatic carbocycles. The van der Waals surface area contributed by atoms with Crippen LogP contribution in [0, 0.1) is 6.92 Å². The highest BCUT2D eigenvalue weighted by molar-refractivity contribution is 5.62. The molecule has 1 aromatic heterocycles. The lowest BCUT2D eigenvalue weighted by Crippen LogP contribution is -1.94. The molecule has 2 aromatic rings. The average Bonchev–Trinajstić information content (AvgIpc) is 2.80. The first-order chi connectivity index (χ1) is 8.24. The molecule has 0 saturated heterocycles. The third-order valence-corrected chi connectivity index (χ3v) is 2.60. The summed E-state index contributed by atoms with van der Waals surface area (Å²) in [6.45, 7) is 4.72. The number of aromatic nitrogens is 2. The summed E-state index contributed by atoms with van der Waals surface area (Å²) in [5.74, 6) is 1.70. The summed E-state index contributed by atoms with van der Waals surface area (Å²) in [7, 11) is 1.84. The molecule has 0 aliphatic carbocycles. The van der Waals surface area contributed by atoms with Crippen molar-refractivity contribution in [3.63, 3.8) is 0 Å². The maximum absolute atomic E-state index is 5.52. The summed E-state index contributed by atoms with van der Waals surface area (Å²) < 4.78 is 5.52. The monoisotopic (exact) mass is 231 g/mol. The highest BCUT2D eigenvalue weighted by Crippen LogP contribution is 2.25. The first-order valence-corrected chi connectivity index (χ1v) is 5.71. The maximum Gasteiger partial charge on any atom is 0.200 e. The van der Waals surface area contributed by atoms with Crippen LogP contribution in [0.15, 0.2) is 24.4 Å². The van der Waals surface area contributed by atoms with Crippen LogP contribution < -0.4 is 10.1 Å². The van der Waals surface area contributed by atoms with Crippen LogP contribution in [0.5, 0.6) is 5.75 Å². The molecule has 0 saturated carbocycles. The van der Waals surface area contributed by atoms with Crippen molar-refractivity contribution in [1.82, 2.24) is 9.97 Å². The molecule has 0 bridgehead atoms. The Hall–Kier alpha value is -1.97. The van der Waals surface area contributed by atoms with Gasteiger partial charge in [-0.25, -0.2) is 4.98 Å². The third-order valence-electron chi connectivity index (χ3n) is 2.60. The number of aryl methyl sites for hydroxylation is 1. The number of hydrogen-bond donors (Lipinski definition) is 2. The molecule has 2 N–H and O–H groups in total. The fourth-order valence-electron chi connectivity index (χ4n) is 1.73. The van der Waals surface area contributed by atoms with Crippen LogP contribution in [0.1, 0.15) is 12.5 Å². The van der Waals surface area contributed by atoms with Crippen molar-refractivity contribution in [3.05, 3.63) is 30.0 Å². The Morgan fingerprint density at radius 2 is 2.24 bits per heavy atom. The Morgan fingerprint density at radius 1 is 1.41 bits per heavy atom. The summed E-state index contributed by atoms with van der Waals surface area (Å²) in [4.78, 5) is 7.40. The minimum Gasteiger partial charge on any atom is -0.494 e. The molecule has 4 heteroatoms. The SMILES string of the molecule is CCOc1ccc(-c2cnc(NC)[nH]2)cc1C. The van der Waals surface area contributed by atoms with Crippen molar-refractivity contribution in [3.8, 4) is 17.0 Å². The Bertz CT molecular complexity index is 505. The second-order valence-corrected chi connectivity index (χ2v) is 3.81. The van der Waals surface area contributed by atoms with Crippen molar-refractivity contribution in [2.45, 2.75) is 13.8 Å². The quantitative estimate of drug-likeness (QED) is 0.850. The number of imidazole rings is 1. The molecular formula is C13H17N3O. The number of anilines is 1. The van der Waals surface area contributed by atoms with Gasteiger partial charge in [0.2, 0.25) is 0 Å². The van der Waals surface area contributed by atoms with Crippen LogP contribution in [0.3, 0.4) is 0 Å². The van der Waals surface area contributed by atoms with E-state index >= 15 is 0 Å². The van der Waals surface area contributed by atoms with Gasteiger partial charge in [-0.05, 0) is 37.6 Å². The molecular weight excluding hydrogens is 214 g/mol. The topological polar surface area (TPSA) is 49.9 Å². The number of benzene rings is 1. The number of nitrogens with one attached hydrogen (secondary N) is 2. The molecule has 0 unspecified atom stereocenters. The summed E-state index contributed by atoms with van der Waals surface area (Å²) in [6.07, 6.45) is 1.82. The van der Waals surface area contributed by atoms with Crippen LogP contribution in [-0.2, 0) is 0 Å². The molecule has 0 aliphatic heterocycles. The van der Waals surface area contributed by atoms with Crippen molar-refractivity contribution in [2.75, 3.05) is 19.0 Å². The summed E-state index contributed by atoms with van der Waals surface area (Å²) in [5.41, 5.74) is 3.24. The van der Waals surface area contributed by atoms with Crippen LogP contribution in [0.2, 0.25) is 0 Å². The van der Waals surface area contributed by atoms with Gasteiger partial charge in [0.05, 0.1) is 18.5 Å². The summed E-state index contributed by atoms with van der Waals surface area (Å²) in [6, 6.07) is 6.12. The normalized spacial score (nSPS) is 10.3. The van der Waals surface area contributed by atoms with Gasteiger partial charge in [0.15, 0.2) is 5.95 Å². The standard InChI is InChI=1S/C13H17N3O/c1-4-17-12-6-5-10(7-9(12)2)11-8-15-13(14-3)16-11/h5-8H,4H2,1-3H3,(H2,14,15,16). The van der Waals surface area contributed by atoms with E-state index < -0.39 is 0 Å². The smallest absolute Gasteiger partial charge is 0.200 e. The van der Waals surface area contributed by atoms with Crippen LogP contribution in [0.4, 0.5) is 5.95 Å². The van der Waals surface area contributed by atoms with Gasteiger partial charge in [-0.2, -0.15) is 0 Å². The van der Waals surface area contributed by atoms with E-state index in [0.717, 1.165) is 28.5 Å². The average molecular weight is 231 g/mol. The van der Waals surface area contributed by atoms with Crippen LogP contribution in [0.25, 0.3) is 11.3 Å². The zero-order chi connectivity index (χ0) is 12.3. The molecule has 0 spiro atoms. The van der Waals surface area contributed by atoms with E-state index in [-0.39, 0.29) is 0 Å². The van der Waals surface area contributed by atoms with Gasteiger partial charge < -0.3 is 15.0 Å². The third kappa shape index (κ3) is 2.41. The number of rotatable bonds is 4. The van der Waals surface area contributed by atoms with Gasteiger partial charge in [0.25, 0.3) is 0 Å². The van der Waals surface area contributed by atoms with Crippen molar-refractivity contribution < 1.29 is 4.74 Å². The van der Waals surface area contributed by atoms with Crippen LogP contribution >= 0.6 is 0 Å². The van der Waals surface area contributed by atoms with Crippen molar-refractivity contribution in [2.24, 2.45) is 0 Å². The maximum atomic E-state index is 5.52. The molecule has 0 aliphatic rings. The minimum absolute atomic E-state index is 0.689. The Balaban J connectivity index is 2.30. The van der Waals surface area contributed by atoms with E-state index in [1.807, 2.05) is 39.2 Å². The predicted molar refractivity (Wildman–Crippen MR) is 69.5 cm³/mol. The number of ether oxygens (including phenoxy) is 1. The Labute approximate surface area is 101 Å².